The van der Waals surface area contributed by atoms with E-state index < -0.39 is 47.5 Å². The van der Waals surface area contributed by atoms with Crippen LogP contribution in [0.2, 0.25) is 0 Å². The number of halogens is 5. The van der Waals surface area contributed by atoms with Gasteiger partial charge in [-0.3, -0.25) is 4.79 Å². The third kappa shape index (κ3) is 7.15. The summed E-state index contributed by atoms with van der Waals surface area (Å²) in [7, 11) is 2.85. The summed E-state index contributed by atoms with van der Waals surface area (Å²) in [6.45, 7) is 3.80. The van der Waals surface area contributed by atoms with Gasteiger partial charge in [0, 0.05) is 31.4 Å². The molecule has 13 heteroatoms. The average molecular weight is 530 g/mol. The van der Waals surface area contributed by atoms with Crippen molar-refractivity contribution in [2.24, 2.45) is 5.10 Å². The molecule has 0 aliphatic heterocycles. The van der Waals surface area contributed by atoms with Crippen LogP contribution in [0.5, 0.6) is 11.6 Å². The highest BCUT2D eigenvalue weighted by atomic mass is 19.4. The van der Waals surface area contributed by atoms with Gasteiger partial charge in [-0.1, -0.05) is 0 Å². The number of alkyl halides is 3. The van der Waals surface area contributed by atoms with Crippen LogP contribution in [0.3, 0.4) is 0 Å². The van der Waals surface area contributed by atoms with Crippen molar-refractivity contribution in [3.05, 3.63) is 46.9 Å². The van der Waals surface area contributed by atoms with E-state index in [1.165, 1.54) is 18.2 Å². The molecule has 202 valence electrons. The Morgan fingerprint density at radius 3 is 2.54 bits per heavy atom. The Morgan fingerprint density at radius 1 is 1.32 bits per heavy atom. The van der Waals surface area contributed by atoms with Crippen LogP contribution in [0.25, 0.3) is 11.9 Å². The first-order valence-electron chi connectivity index (χ1n) is 11.0. The molecular weight excluding hydrogens is 503 g/mol. The highest BCUT2D eigenvalue weighted by Gasteiger charge is 2.39. The lowest BCUT2D eigenvalue weighted by molar-refractivity contribution is -0.189. The van der Waals surface area contributed by atoms with Crippen LogP contribution in [0.4, 0.5) is 27.6 Å². The Bertz CT molecular complexity index is 1170. The second-order valence-corrected chi connectivity index (χ2v) is 7.78. The number of ether oxygens (including phenoxy) is 2. The highest BCUT2D eigenvalue weighted by molar-refractivity contribution is 5.88. The molecule has 0 aliphatic rings. The van der Waals surface area contributed by atoms with Crippen molar-refractivity contribution in [3.8, 4) is 11.6 Å². The number of aliphatic hydroxyl groups is 1. The van der Waals surface area contributed by atoms with Crippen molar-refractivity contribution in [1.29, 1.82) is 0 Å². The van der Waals surface area contributed by atoms with E-state index in [-0.39, 0.29) is 23.7 Å². The number of hydrazone groups is 1. The van der Waals surface area contributed by atoms with Gasteiger partial charge in [-0.05, 0) is 44.5 Å². The van der Waals surface area contributed by atoms with Crippen LogP contribution >= 0.6 is 0 Å². The lowest BCUT2D eigenvalue weighted by atomic mass is 10.1. The van der Waals surface area contributed by atoms with E-state index in [0.717, 1.165) is 12.1 Å². The van der Waals surface area contributed by atoms with Gasteiger partial charge in [-0.25, -0.2) is 13.8 Å². The van der Waals surface area contributed by atoms with Crippen LogP contribution < -0.4 is 14.5 Å². The standard InChI is InChI=1S/C24H27F5N4O4/c1-6-32(4)22(12-34)31-33(13-35)20-11-21(37-15(3)24(27,28)29)17(10-19(20)26)18(25)9-16-14(2)7-8-30-23(16)36-5/h7-11,13,15,34H,6,12H2,1-5H3/b18-9-,31-22-/t15-/m0/s1. The molecule has 0 unspecified atom stereocenters. The third-order valence-electron chi connectivity index (χ3n) is 5.33. The first-order chi connectivity index (χ1) is 17.4. The number of methoxy groups -OCH3 is 1. The van der Waals surface area contributed by atoms with Gasteiger partial charge in [-0.2, -0.15) is 18.2 Å². The van der Waals surface area contributed by atoms with E-state index in [4.69, 9.17) is 9.47 Å². The van der Waals surface area contributed by atoms with Crippen molar-refractivity contribution in [2.75, 3.05) is 32.3 Å². The van der Waals surface area contributed by atoms with Crippen LogP contribution in [-0.4, -0.2) is 66.8 Å². The van der Waals surface area contributed by atoms with Crippen LogP contribution in [0.1, 0.15) is 30.5 Å². The first-order valence-corrected chi connectivity index (χ1v) is 11.0. The average Bonchev–Trinajstić information content (AvgIpc) is 2.85. The summed E-state index contributed by atoms with van der Waals surface area (Å²) in [4.78, 5) is 17.1. The molecule has 2 rings (SSSR count). The second kappa shape index (κ2) is 12.5. The lowest BCUT2D eigenvalue weighted by Crippen LogP contribution is -2.33. The lowest BCUT2D eigenvalue weighted by Gasteiger charge is -2.23. The fourth-order valence-corrected chi connectivity index (χ4v) is 3.02. The van der Waals surface area contributed by atoms with Crippen molar-refractivity contribution >= 4 is 29.8 Å². The van der Waals surface area contributed by atoms with Crippen LogP contribution in [-0.2, 0) is 4.79 Å². The quantitative estimate of drug-likeness (QED) is 0.159. The summed E-state index contributed by atoms with van der Waals surface area (Å²) in [6.07, 6.45) is -4.80. The van der Waals surface area contributed by atoms with Gasteiger partial charge < -0.3 is 19.5 Å². The van der Waals surface area contributed by atoms with Crippen molar-refractivity contribution in [3.63, 3.8) is 0 Å². The summed E-state index contributed by atoms with van der Waals surface area (Å²) in [5.41, 5.74) is -0.563. The minimum atomic E-state index is -4.83. The Kier molecular flexibility index (Phi) is 9.95. The number of aryl methyl sites for hydroxylation is 1. The van der Waals surface area contributed by atoms with E-state index in [0.29, 0.717) is 30.1 Å². The maximum absolute atomic E-state index is 15.4. The van der Waals surface area contributed by atoms with Crippen molar-refractivity contribution in [1.82, 2.24) is 9.88 Å². The number of carbonyl (C=O) groups excluding carboxylic acids is 1. The Hall–Kier alpha value is -3.74. The maximum Gasteiger partial charge on any atom is 0.425 e. The molecule has 0 saturated carbocycles. The zero-order valence-electron chi connectivity index (χ0n) is 20.8. The highest BCUT2D eigenvalue weighted by Crippen LogP contribution is 2.38. The second-order valence-electron chi connectivity index (χ2n) is 7.78. The number of amidine groups is 1. The molecule has 0 aliphatic carbocycles. The predicted molar refractivity (Wildman–Crippen MR) is 128 cm³/mol. The van der Waals surface area contributed by atoms with Gasteiger partial charge in [0.05, 0.1) is 12.7 Å². The molecular formula is C24H27F5N4O4. The van der Waals surface area contributed by atoms with Crippen molar-refractivity contribution in [2.45, 2.75) is 33.1 Å². The Morgan fingerprint density at radius 2 is 2.00 bits per heavy atom. The van der Waals surface area contributed by atoms with Crippen LogP contribution in [0, 0.1) is 12.7 Å². The number of hydrogen-bond donors (Lipinski definition) is 1. The minimum absolute atomic E-state index is 0.0329. The van der Waals surface area contributed by atoms with Gasteiger partial charge in [0.25, 0.3) is 0 Å². The molecule has 1 aromatic carbocycles. The van der Waals surface area contributed by atoms with E-state index in [9.17, 15) is 23.1 Å². The van der Waals surface area contributed by atoms with Gasteiger partial charge in [0.1, 0.15) is 29.7 Å². The van der Waals surface area contributed by atoms with Gasteiger partial charge in [0.2, 0.25) is 12.3 Å². The summed E-state index contributed by atoms with van der Waals surface area (Å²) in [5, 5.41) is 13.9. The van der Waals surface area contributed by atoms with Crippen molar-refractivity contribution < 1.29 is 41.3 Å². The predicted octanol–water partition coefficient (Wildman–Crippen LogP) is 4.56. The first kappa shape index (κ1) is 29.5. The van der Waals surface area contributed by atoms with Gasteiger partial charge >= 0.3 is 6.18 Å². The number of pyridine rings is 1. The summed E-state index contributed by atoms with van der Waals surface area (Å²) in [6, 6.07) is 2.87. The monoisotopic (exact) mass is 530 g/mol. The fraction of sp³-hybridized carbons (Fsp3) is 0.375. The van der Waals surface area contributed by atoms with Crippen LogP contribution in [0.15, 0.2) is 29.5 Å². The molecule has 2 aromatic rings. The number of aromatic nitrogens is 1. The largest absolute Gasteiger partial charge is 0.481 e. The molecule has 1 N–H and O–H groups in total. The zero-order valence-corrected chi connectivity index (χ0v) is 20.8. The molecule has 0 radical (unpaired) electrons. The number of carbonyl (C=O) groups is 1. The smallest absolute Gasteiger partial charge is 0.425 e. The molecule has 1 atom stereocenters. The Balaban J connectivity index is 2.73. The summed E-state index contributed by atoms with van der Waals surface area (Å²) in [5.74, 6) is -3.03. The van der Waals surface area contributed by atoms with E-state index in [2.05, 4.69) is 10.1 Å². The number of amides is 1. The molecule has 1 aromatic heterocycles. The normalized spacial score (nSPS) is 13.3. The number of likely N-dealkylation sites (N-methyl/N-ethyl adjacent to an activating group) is 1. The SMILES string of the molecule is CCN(C)/C(CO)=N\N(C=O)c1cc(O[C@@H](C)C(F)(F)F)c(/C(F)=C/c2c(C)ccnc2OC)cc1F. The fourth-order valence-electron chi connectivity index (χ4n) is 3.02. The number of nitrogens with zero attached hydrogens (tertiary/aromatic N) is 4. The zero-order chi connectivity index (χ0) is 27.9. The molecule has 1 heterocycles. The molecule has 8 nitrogen and oxygen atoms in total. The molecule has 0 fully saturated rings. The van der Waals surface area contributed by atoms with Gasteiger partial charge in [-0.15, -0.1) is 5.10 Å². The topological polar surface area (TPSA) is 87.5 Å². The molecule has 37 heavy (non-hydrogen) atoms. The number of benzene rings is 1. The summed E-state index contributed by atoms with van der Waals surface area (Å²) >= 11 is 0. The number of aliphatic hydroxyl groups excluding tert-OH is 1. The summed E-state index contributed by atoms with van der Waals surface area (Å²) < 4.78 is 80.4. The van der Waals surface area contributed by atoms with Gasteiger partial charge in [0.15, 0.2) is 11.9 Å². The molecule has 0 saturated heterocycles. The minimum Gasteiger partial charge on any atom is -0.481 e. The number of anilines is 1. The number of rotatable bonds is 10. The van der Waals surface area contributed by atoms with E-state index in [1.807, 2.05) is 0 Å². The molecule has 0 bridgehead atoms. The van der Waals surface area contributed by atoms with E-state index in [1.54, 1.807) is 27.0 Å². The molecule has 1 amide bonds. The number of hydrogen-bond acceptors (Lipinski definition) is 6. The molecule has 0 spiro atoms. The maximum atomic E-state index is 15.4. The third-order valence-corrected chi connectivity index (χ3v) is 5.33. The Labute approximate surface area is 210 Å². The van der Waals surface area contributed by atoms with E-state index >= 15 is 8.78 Å².